The Morgan fingerprint density at radius 1 is 0.161 bits per heavy atom. The highest BCUT2D eigenvalue weighted by Crippen LogP contribution is 2.20. The molecule has 5 heteroatoms. The molecule has 4 nitrogen and oxygen atoms in total. The first-order chi connectivity index (χ1) is 30.7. The summed E-state index contributed by atoms with van der Waals surface area (Å²) in [6.07, 6.45) is 67.3. The summed E-state index contributed by atoms with van der Waals surface area (Å²) in [4.78, 5) is 0. The van der Waals surface area contributed by atoms with Crippen LogP contribution in [0, 0.1) is 0 Å². The smallest absolute Gasteiger partial charge is 0.351 e. The van der Waals surface area contributed by atoms with Crippen LogP contribution in [0.3, 0.4) is 0 Å². The van der Waals surface area contributed by atoms with Crippen molar-refractivity contribution < 1.29 is 17.7 Å². The van der Waals surface area contributed by atoms with Crippen molar-refractivity contribution in [1.82, 2.24) is 0 Å². The Balaban J connectivity index is 4.39. The third-order valence-corrected chi connectivity index (χ3v) is 15.5. The van der Waals surface area contributed by atoms with Crippen LogP contribution in [0.25, 0.3) is 0 Å². The van der Waals surface area contributed by atoms with Crippen molar-refractivity contribution in [2.45, 2.75) is 342 Å². The number of rotatable bonds is 57. The van der Waals surface area contributed by atoms with Crippen molar-refractivity contribution in [2.24, 2.45) is 0 Å². The molecule has 0 heterocycles. The molecular formula is C57H118O4Si. The monoisotopic (exact) mass is 895 g/mol. The molecule has 0 aromatic carbocycles. The summed E-state index contributed by atoms with van der Waals surface area (Å²) in [6.45, 7) is 11.9. The predicted octanol–water partition coefficient (Wildman–Crippen LogP) is 20.7. The molecule has 0 unspecified atom stereocenters. The second-order valence-corrected chi connectivity index (χ2v) is 22.0. The van der Waals surface area contributed by atoms with Crippen LogP contribution < -0.4 is 0 Å². The van der Waals surface area contributed by atoms with Crippen molar-refractivity contribution in [3.05, 3.63) is 0 Å². The second kappa shape index (κ2) is 55.4. The molecule has 0 aromatic heterocycles. The van der Waals surface area contributed by atoms with Crippen LogP contribution in [-0.2, 0) is 17.7 Å². The van der Waals surface area contributed by atoms with Gasteiger partial charge < -0.3 is 17.7 Å². The Morgan fingerprint density at radius 3 is 0.468 bits per heavy atom. The number of hydrogen-bond acceptors (Lipinski definition) is 4. The minimum absolute atomic E-state index is 0.656. The molecule has 0 bridgehead atoms. The van der Waals surface area contributed by atoms with Crippen molar-refractivity contribution in [3.63, 3.8) is 0 Å². The average Bonchev–Trinajstić information content (AvgIpc) is 3.28. The number of unbranched alkanes of at least 4 members (excludes halogenated alkanes) is 45. The summed E-state index contributed by atoms with van der Waals surface area (Å²) >= 11 is 0. The first-order valence-electron chi connectivity index (χ1n) is 29.3. The Morgan fingerprint density at radius 2 is 0.306 bits per heavy atom. The Bertz CT molecular complexity index is 687. The van der Waals surface area contributed by atoms with Crippen molar-refractivity contribution >= 4 is 9.05 Å². The molecule has 0 radical (unpaired) electrons. The van der Waals surface area contributed by atoms with Gasteiger partial charge in [-0.25, -0.2) is 0 Å². The molecule has 62 heavy (non-hydrogen) atoms. The van der Waals surface area contributed by atoms with E-state index in [1.54, 1.807) is 0 Å². The topological polar surface area (TPSA) is 36.9 Å². The average molecular weight is 896 g/mol. The van der Waals surface area contributed by atoms with Crippen molar-refractivity contribution in [3.8, 4) is 0 Å². The Kier molecular flexibility index (Phi) is 55.4. The highest BCUT2D eigenvalue weighted by Gasteiger charge is 2.45. The van der Waals surface area contributed by atoms with E-state index in [0.29, 0.717) is 26.4 Å². The summed E-state index contributed by atoms with van der Waals surface area (Å²) in [5.74, 6) is 0. The van der Waals surface area contributed by atoms with E-state index in [1.165, 1.54) is 289 Å². The predicted molar refractivity (Wildman–Crippen MR) is 278 cm³/mol. The molecular weight excluding hydrogens is 777 g/mol. The van der Waals surface area contributed by atoms with Gasteiger partial charge in [0, 0.05) is 26.4 Å². The minimum atomic E-state index is -3.14. The van der Waals surface area contributed by atoms with Gasteiger partial charge in [0.2, 0.25) is 0 Å². The molecule has 0 fully saturated rings. The highest BCUT2D eigenvalue weighted by atomic mass is 28.4. The van der Waals surface area contributed by atoms with Gasteiger partial charge in [-0.1, -0.05) is 317 Å². The fourth-order valence-corrected chi connectivity index (χ4v) is 11.2. The van der Waals surface area contributed by atoms with E-state index >= 15 is 0 Å². The van der Waals surface area contributed by atoms with Crippen LogP contribution >= 0.6 is 0 Å². The molecule has 0 saturated carbocycles. The van der Waals surface area contributed by atoms with E-state index < -0.39 is 9.05 Å². The fraction of sp³-hybridized carbons (Fsp3) is 1.00. The lowest BCUT2D eigenvalue weighted by Crippen LogP contribution is -2.50. The lowest BCUT2D eigenvalue weighted by atomic mass is 10.0. The van der Waals surface area contributed by atoms with Gasteiger partial charge in [-0.15, -0.1) is 0 Å². The summed E-state index contributed by atoms with van der Waals surface area (Å²) in [5, 5.41) is 0. The van der Waals surface area contributed by atoms with E-state index in [1.807, 2.05) is 0 Å². The summed E-state index contributed by atoms with van der Waals surface area (Å²) in [7, 11) is -3.14. The van der Waals surface area contributed by atoms with Gasteiger partial charge in [-0.05, 0) is 25.7 Å². The van der Waals surface area contributed by atoms with Crippen LogP contribution in [0.5, 0.6) is 0 Å². The largest absolute Gasteiger partial charge is 0.679 e. The van der Waals surface area contributed by atoms with Gasteiger partial charge in [-0.3, -0.25) is 0 Å². The number of hydrogen-bond donors (Lipinski definition) is 0. The second-order valence-electron chi connectivity index (χ2n) is 19.8. The van der Waals surface area contributed by atoms with Crippen molar-refractivity contribution in [1.29, 1.82) is 0 Å². The van der Waals surface area contributed by atoms with E-state index in [4.69, 9.17) is 17.7 Å². The maximum Gasteiger partial charge on any atom is 0.679 e. The standard InChI is InChI=1S/C57H118O4Si/c1-5-9-12-15-18-21-24-27-30-33-36-39-42-45-48-51-55-59-62(58-54-8-4,60-56-52-49-46-43-40-37-34-31-28-25-22-19-16-13-10-6-2)61-57-53-50-47-44-41-38-35-32-29-26-23-20-17-14-11-7-3/h5-57H2,1-4H3. The molecule has 0 amide bonds. The van der Waals surface area contributed by atoms with Crippen LogP contribution in [0.2, 0.25) is 0 Å². The zero-order valence-electron chi connectivity index (χ0n) is 43.6. The van der Waals surface area contributed by atoms with Crippen LogP contribution in [0.15, 0.2) is 0 Å². The SMILES string of the molecule is CCCCCCCCCCCCCCCCCCO[Si](OCCC)(OCCCCCCCCCCCCCCCCCC)OCCCCCCCCCCCCCCCCCC. The quantitative estimate of drug-likeness (QED) is 0.0450. The normalized spacial score (nSPS) is 12.0. The Labute approximate surface area is 394 Å². The Hall–Kier alpha value is 0.0569. The fourth-order valence-electron chi connectivity index (χ4n) is 9.02. The third-order valence-electron chi connectivity index (χ3n) is 13.3. The summed E-state index contributed by atoms with van der Waals surface area (Å²) in [5.41, 5.74) is 0. The zero-order valence-corrected chi connectivity index (χ0v) is 44.6. The van der Waals surface area contributed by atoms with Gasteiger partial charge in [0.1, 0.15) is 0 Å². The molecule has 0 spiro atoms. The molecule has 0 aromatic rings. The minimum Gasteiger partial charge on any atom is -0.351 e. The first-order valence-corrected chi connectivity index (χ1v) is 30.9. The molecule has 0 rings (SSSR count). The van der Waals surface area contributed by atoms with E-state index in [9.17, 15) is 0 Å². The highest BCUT2D eigenvalue weighted by molar-refractivity contribution is 6.53. The van der Waals surface area contributed by atoms with Gasteiger partial charge in [0.25, 0.3) is 0 Å². The van der Waals surface area contributed by atoms with Gasteiger partial charge in [0.15, 0.2) is 0 Å². The molecule has 0 aliphatic heterocycles. The summed E-state index contributed by atoms with van der Waals surface area (Å²) in [6, 6.07) is 0. The molecule has 0 aliphatic carbocycles. The first kappa shape index (κ1) is 62.1. The van der Waals surface area contributed by atoms with E-state index in [0.717, 1.165) is 25.7 Å². The molecule has 0 atom stereocenters. The van der Waals surface area contributed by atoms with Gasteiger partial charge in [0.05, 0.1) is 0 Å². The van der Waals surface area contributed by atoms with Crippen LogP contribution in [0.1, 0.15) is 342 Å². The molecule has 374 valence electrons. The molecule has 0 saturated heterocycles. The molecule has 0 N–H and O–H groups in total. The lowest BCUT2D eigenvalue weighted by molar-refractivity contribution is -0.0368. The van der Waals surface area contributed by atoms with Crippen LogP contribution in [-0.4, -0.2) is 35.5 Å². The van der Waals surface area contributed by atoms with E-state index in [-0.39, 0.29) is 0 Å². The maximum absolute atomic E-state index is 6.58. The maximum atomic E-state index is 6.58. The zero-order chi connectivity index (χ0) is 44.8. The third kappa shape index (κ3) is 49.5. The van der Waals surface area contributed by atoms with Gasteiger partial charge >= 0.3 is 9.05 Å². The van der Waals surface area contributed by atoms with Crippen molar-refractivity contribution in [2.75, 3.05) is 26.4 Å². The van der Waals surface area contributed by atoms with Crippen LogP contribution in [0.4, 0.5) is 0 Å². The van der Waals surface area contributed by atoms with E-state index in [2.05, 4.69) is 27.7 Å². The van der Waals surface area contributed by atoms with Gasteiger partial charge in [-0.2, -0.15) is 0 Å². The lowest BCUT2D eigenvalue weighted by Gasteiger charge is -2.28. The molecule has 0 aliphatic rings. The summed E-state index contributed by atoms with van der Waals surface area (Å²) < 4.78 is 26.2.